The SMILES string of the molecule is Cn1nnc(Br)c1C(=O)C1OCCc2ccccc21. The molecule has 19 heavy (non-hydrogen) atoms. The maximum Gasteiger partial charge on any atom is 0.216 e. The largest absolute Gasteiger partial charge is 0.365 e. The van der Waals surface area contributed by atoms with Gasteiger partial charge in [-0.15, -0.1) is 5.10 Å². The summed E-state index contributed by atoms with van der Waals surface area (Å²) in [6.45, 7) is 0.552. The molecule has 2 aromatic rings. The van der Waals surface area contributed by atoms with E-state index in [1.165, 1.54) is 10.2 Å². The first-order valence-electron chi connectivity index (χ1n) is 5.97. The average Bonchev–Trinajstić information content (AvgIpc) is 2.77. The van der Waals surface area contributed by atoms with E-state index in [2.05, 4.69) is 26.2 Å². The number of hydrogen-bond acceptors (Lipinski definition) is 4. The topological polar surface area (TPSA) is 57.0 Å². The molecule has 2 heterocycles. The minimum absolute atomic E-state index is 0.119. The summed E-state index contributed by atoms with van der Waals surface area (Å²) in [6.07, 6.45) is 0.267. The maximum absolute atomic E-state index is 12.6. The highest BCUT2D eigenvalue weighted by Crippen LogP contribution is 2.31. The Morgan fingerprint density at radius 1 is 1.47 bits per heavy atom. The van der Waals surface area contributed by atoms with Crippen LogP contribution in [0.2, 0.25) is 0 Å². The molecule has 0 radical (unpaired) electrons. The van der Waals surface area contributed by atoms with Crippen molar-refractivity contribution in [2.45, 2.75) is 12.5 Å². The van der Waals surface area contributed by atoms with E-state index < -0.39 is 6.10 Å². The smallest absolute Gasteiger partial charge is 0.216 e. The molecule has 0 fully saturated rings. The molecular formula is C13H12BrN3O2. The summed E-state index contributed by atoms with van der Waals surface area (Å²) in [7, 11) is 1.69. The highest BCUT2D eigenvalue weighted by atomic mass is 79.9. The van der Waals surface area contributed by atoms with Gasteiger partial charge in [0.15, 0.2) is 4.60 Å². The second-order valence-corrected chi connectivity index (χ2v) is 5.17. The molecule has 0 N–H and O–H groups in total. The van der Waals surface area contributed by atoms with Gasteiger partial charge < -0.3 is 4.74 Å². The number of carbonyl (C=O) groups is 1. The van der Waals surface area contributed by atoms with Gasteiger partial charge in [0.25, 0.3) is 0 Å². The Hall–Kier alpha value is -1.53. The number of ether oxygens (including phenoxy) is 1. The molecular weight excluding hydrogens is 310 g/mol. The first kappa shape index (κ1) is 12.5. The molecule has 1 aromatic heterocycles. The summed E-state index contributed by atoms with van der Waals surface area (Å²) in [5, 5.41) is 7.67. The zero-order valence-electron chi connectivity index (χ0n) is 10.3. The second-order valence-electron chi connectivity index (χ2n) is 4.42. The quantitative estimate of drug-likeness (QED) is 0.795. The van der Waals surface area contributed by atoms with Gasteiger partial charge >= 0.3 is 0 Å². The number of carbonyl (C=O) groups excluding carboxylic acids is 1. The fourth-order valence-electron chi connectivity index (χ4n) is 2.33. The van der Waals surface area contributed by atoms with Crippen molar-refractivity contribution in [1.29, 1.82) is 0 Å². The van der Waals surface area contributed by atoms with Crippen LogP contribution in [0.4, 0.5) is 0 Å². The molecule has 1 aromatic carbocycles. The van der Waals surface area contributed by atoms with E-state index >= 15 is 0 Å². The summed E-state index contributed by atoms with van der Waals surface area (Å²) in [6, 6.07) is 7.88. The summed E-state index contributed by atoms with van der Waals surface area (Å²) < 4.78 is 7.58. The van der Waals surface area contributed by atoms with Gasteiger partial charge in [-0.2, -0.15) is 0 Å². The van der Waals surface area contributed by atoms with Gasteiger partial charge in [-0.05, 0) is 33.5 Å². The van der Waals surface area contributed by atoms with E-state index in [0.717, 1.165) is 12.0 Å². The Bertz CT molecular complexity index is 619. The van der Waals surface area contributed by atoms with Crippen LogP contribution in [-0.4, -0.2) is 27.4 Å². The summed E-state index contributed by atoms with van der Waals surface area (Å²) in [4.78, 5) is 12.6. The molecule has 0 saturated carbocycles. The third-order valence-corrected chi connectivity index (χ3v) is 3.78. The van der Waals surface area contributed by atoms with Crippen LogP contribution in [0.1, 0.15) is 27.7 Å². The molecule has 1 atom stereocenters. The van der Waals surface area contributed by atoms with Crippen LogP contribution in [0.5, 0.6) is 0 Å². The van der Waals surface area contributed by atoms with E-state index in [-0.39, 0.29) is 5.78 Å². The van der Waals surface area contributed by atoms with Crippen molar-refractivity contribution in [1.82, 2.24) is 15.0 Å². The van der Waals surface area contributed by atoms with Gasteiger partial charge in [0.1, 0.15) is 11.8 Å². The van der Waals surface area contributed by atoms with Crippen LogP contribution < -0.4 is 0 Å². The summed E-state index contributed by atoms with van der Waals surface area (Å²) >= 11 is 3.25. The van der Waals surface area contributed by atoms with E-state index in [4.69, 9.17) is 4.74 Å². The number of halogens is 1. The van der Waals surface area contributed by atoms with Crippen LogP contribution in [0, 0.1) is 0 Å². The molecule has 3 rings (SSSR count). The predicted octanol–water partition coefficient (Wildman–Crippen LogP) is 2.07. The summed E-state index contributed by atoms with van der Waals surface area (Å²) in [5.41, 5.74) is 2.53. The van der Waals surface area contributed by atoms with E-state index in [9.17, 15) is 4.79 Å². The number of nitrogens with zero attached hydrogens (tertiary/aromatic N) is 3. The van der Waals surface area contributed by atoms with Crippen LogP contribution in [-0.2, 0) is 18.2 Å². The van der Waals surface area contributed by atoms with Gasteiger partial charge in [-0.1, -0.05) is 29.5 Å². The van der Waals surface area contributed by atoms with Gasteiger partial charge in [-0.3, -0.25) is 4.79 Å². The van der Waals surface area contributed by atoms with Crippen molar-refractivity contribution in [3.63, 3.8) is 0 Å². The number of benzene rings is 1. The minimum Gasteiger partial charge on any atom is -0.365 e. The van der Waals surface area contributed by atoms with Crippen LogP contribution in [0.3, 0.4) is 0 Å². The Balaban J connectivity index is 2.03. The number of aryl methyl sites for hydroxylation is 1. The van der Waals surface area contributed by atoms with Crippen LogP contribution >= 0.6 is 15.9 Å². The zero-order chi connectivity index (χ0) is 13.4. The van der Waals surface area contributed by atoms with E-state index in [1.54, 1.807) is 7.05 Å². The Morgan fingerprint density at radius 2 is 2.26 bits per heavy atom. The normalized spacial score (nSPS) is 18.1. The molecule has 5 nitrogen and oxygen atoms in total. The third-order valence-electron chi connectivity index (χ3n) is 3.25. The van der Waals surface area contributed by atoms with Gasteiger partial charge in [0.2, 0.25) is 5.78 Å². The van der Waals surface area contributed by atoms with Crippen molar-refractivity contribution >= 4 is 21.7 Å². The Kier molecular flexibility index (Phi) is 3.20. The third kappa shape index (κ3) is 2.11. The number of fused-ring (bicyclic) bond motifs is 1. The fourth-order valence-corrected chi connectivity index (χ4v) is 2.85. The van der Waals surface area contributed by atoms with Crippen LogP contribution in [0.25, 0.3) is 0 Å². The lowest BCUT2D eigenvalue weighted by Gasteiger charge is -2.24. The molecule has 0 spiro atoms. The highest BCUT2D eigenvalue weighted by molar-refractivity contribution is 9.10. The molecule has 0 bridgehead atoms. The molecule has 1 aliphatic heterocycles. The second kappa shape index (κ2) is 4.86. The first-order chi connectivity index (χ1) is 9.18. The average molecular weight is 322 g/mol. The number of hydrogen-bond donors (Lipinski definition) is 0. The summed E-state index contributed by atoms with van der Waals surface area (Å²) in [5.74, 6) is -0.119. The van der Waals surface area contributed by atoms with Gasteiger partial charge in [0, 0.05) is 7.05 Å². The molecule has 0 aliphatic carbocycles. The number of rotatable bonds is 2. The Labute approximate surface area is 118 Å². The highest BCUT2D eigenvalue weighted by Gasteiger charge is 2.31. The molecule has 1 unspecified atom stereocenters. The number of aromatic nitrogens is 3. The van der Waals surface area contributed by atoms with E-state index in [1.807, 2.05) is 24.3 Å². The number of ketones is 1. The maximum atomic E-state index is 12.6. The monoisotopic (exact) mass is 321 g/mol. The molecule has 0 amide bonds. The van der Waals surface area contributed by atoms with Crippen molar-refractivity contribution in [2.75, 3.05) is 6.61 Å². The lowest BCUT2D eigenvalue weighted by molar-refractivity contribution is 0.0340. The molecule has 6 heteroatoms. The fraction of sp³-hybridized carbons (Fsp3) is 0.308. The standard InChI is InChI=1S/C13H12BrN3O2/c1-17-10(13(14)15-16-17)11(18)12-9-5-3-2-4-8(9)6-7-19-12/h2-5,12H,6-7H2,1H3. The first-order valence-corrected chi connectivity index (χ1v) is 6.76. The molecule has 1 aliphatic rings. The van der Waals surface area contributed by atoms with Gasteiger partial charge in [-0.25, -0.2) is 4.68 Å². The van der Waals surface area contributed by atoms with Crippen molar-refractivity contribution < 1.29 is 9.53 Å². The Morgan fingerprint density at radius 3 is 3.00 bits per heavy atom. The van der Waals surface area contributed by atoms with E-state index in [0.29, 0.717) is 16.9 Å². The molecule has 98 valence electrons. The lowest BCUT2D eigenvalue weighted by atomic mass is 9.94. The van der Waals surface area contributed by atoms with Crippen molar-refractivity contribution in [3.05, 3.63) is 45.7 Å². The van der Waals surface area contributed by atoms with Crippen LogP contribution in [0.15, 0.2) is 28.9 Å². The predicted molar refractivity (Wildman–Crippen MR) is 71.9 cm³/mol. The lowest BCUT2D eigenvalue weighted by Crippen LogP contribution is -2.25. The minimum atomic E-state index is -0.571. The zero-order valence-corrected chi connectivity index (χ0v) is 11.9. The van der Waals surface area contributed by atoms with Crippen molar-refractivity contribution in [3.8, 4) is 0 Å². The number of Topliss-reactive ketones (excluding diaryl/α,β-unsaturated/α-hetero) is 1. The van der Waals surface area contributed by atoms with Crippen molar-refractivity contribution in [2.24, 2.45) is 7.05 Å². The van der Waals surface area contributed by atoms with Gasteiger partial charge in [0.05, 0.1) is 6.61 Å². The molecule has 0 saturated heterocycles.